The molecule has 0 amide bonds. The van der Waals surface area contributed by atoms with Crippen LogP contribution in [0, 0.1) is 5.92 Å². The van der Waals surface area contributed by atoms with Crippen molar-refractivity contribution in [2.75, 3.05) is 5.73 Å². The van der Waals surface area contributed by atoms with Crippen molar-refractivity contribution in [2.45, 2.75) is 25.9 Å². The number of anilines is 1. The largest absolute Gasteiger partial charge is 0.399 e. The Hall–Kier alpha value is -0.770. The quantitative estimate of drug-likeness (QED) is 0.642. The standard InChI is InChI=1S/C11H16ClN3/c1-6-7(2)14-15-11(6)9-4-3-8(13)5-10(9)12/h3-7,11,14-15H,13H2,1-2H3. The Morgan fingerprint density at radius 3 is 2.53 bits per heavy atom. The average Bonchev–Trinajstić information content (AvgIpc) is 2.49. The van der Waals surface area contributed by atoms with Crippen LogP contribution in [-0.2, 0) is 0 Å². The monoisotopic (exact) mass is 225 g/mol. The van der Waals surface area contributed by atoms with E-state index in [2.05, 4.69) is 24.7 Å². The number of nitrogens with one attached hydrogen (secondary N) is 2. The predicted molar refractivity (Wildman–Crippen MR) is 63.5 cm³/mol. The zero-order valence-electron chi connectivity index (χ0n) is 8.92. The Labute approximate surface area is 95.0 Å². The zero-order valence-corrected chi connectivity index (χ0v) is 9.68. The highest BCUT2D eigenvalue weighted by atomic mass is 35.5. The van der Waals surface area contributed by atoms with Crippen LogP contribution in [0.3, 0.4) is 0 Å². The van der Waals surface area contributed by atoms with Gasteiger partial charge in [0.15, 0.2) is 0 Å². The summed E-state index contributed by atoms with van der Waals surface area (Å²) in [6, 6.07) is 6.38. The Morgan fingerprint density at radius 1 is 1.27 bits per heavy atom. The number of hydrogen-bond acceptors (Lipinski definition) is 3. The summed E-state index contributed by atoms with van der Waals surface area (Å²) in [7, 11) is 0. The highest BCUT2D eigenvalue weighted by molar-refractivity contribution is 6.31. The number of hydrogen-bond donors (Lipinski definition) is 3. The molecule has 2 rings (SSSR count). The average molecular weight is 226 g/mol. The fraction of sp³-hybridized carbons (Fsp3) is 0.455. The molecule has 3 atom stereocenters. The fourth-order valence-electron chi connectivity index (χ4n) is 1.93. The first-order valence-corrected chi connectivity index (χ1v) is 5.53. The molecule has 1 aromatic carbocycles. The maximum atomic E-state index is 6.17. The molecule has 3 nitrogen and oxygen atoms in total. The molecule has 4 N–H and O–H groups in total. The van der Waals surface area contributed by atoms with E-state index in [4.69, 9.17) is 17.3 Å². The van der Waals surface area contributed by atoms with Gasteiger partial charge in [0.2, 0.25) is 0 Å². The topological polar surface area (TPSA) is 50.1 Å². The molecule has 0 radical (unpaired) electrons. The molecule has 82 valence electrons. The SMILES string of the molecule is CC1NNC(c2ccc(N)cc2Cl)C1C. The van der Waals surface area contributed by atoms with Gasteiger partial charge in [-0.05, 0) is 30.5 Å². The van der Waals surface area contributed by atoms with Gasteiger partial charge in [0.1, 0.15) is 0 Å². The Bertz CT molecular complexity index is 367. The summed E-state index contributed by atoms with van der Waals surface area (Å²) in [4.78, 5) is 0. The van der Waals surface area contributed by atoms with Crippen molar-refractivity contribution in [3.8, 4) is 0 Å². The summed E-state index contributed by atoms with van der Waals surface area (Å²) >= 11 is 6.17. The van der Waals surface area contributed by atoms with Crippen LogP contribution < -0.4 is 16.6 Å². The number of benzene rings is 1. The van der Waals surface area contributed by atoms with Gasteiger partial charge in [-0.1, -0.05) is 24.6 Å². The fourth-order valence-corrected chi connectivity index (χ4v) is 2.24. The van der Waals surface area contributed by atoms with Crippen molar-refractivity contribution < 1.29 is 0 Å². The molecular formula is C11H16ClN3. The Balaban J connectivity index is 2.30. The number of nitrogen functional groups attached to an aromatic ring is 1. The summed E-state index contributed by atoms with van der Waals surface area (Å²) in [5, 5.41) is 0.732. The lowest BCUT2D eigenvalue weighted by Crippen LogP contribution is -2.29. The first-order valence-electron chi connectivity index (χ1n) is 5.15. The molecule has 3 unspecified atom stereocenters. The lowest BCUT2D eigenvalue weighted by molar-refractivity contribution is 0.476. The van der Waals surface area contributed by atoms with Gasteiger partial charge in [-0.3, -0.25) is 5.43 Å². The van der Waals surface area contributed by atoms with Crippen LogP contribution in [0.15, 0.2) is 18.2 Å². The van der Waals surface area contributed by atoms with Gasteiger partial charge in [0, 0.05) is 16.8 Å². The van der Waals surface area contributed by atoms with E-state index in [9.17, 15) is 0 Å². The highest BCUT2D eigenvalue weighted by Gasteiger charge is 2.31. The van der Waals surface area contributed by atoms with Gasteiger partial charge in [0.25, 0.3) is 0 Å². The summed E-state index contributed by atoms with van der Waals surface area (Å²) < 4.78 is 0. The second-order valence-corrected chi connectivity index (χ2v) is 4.60. The van der Waals surface area contributed by atoms with E-state index in [0.29, 0.717) is 17.6 Å². The van der Waals surface area contributed by atoms with Gasteiger partial charge < -0.3 is 5.73 Å². The van der Waals surface area contributed by atoms with Crippen molar-refractivity contribution in [3.05, 3.63) is 28.8 Å². The van der Waals surface area contributed by atoms with Gasteiger partial charge in [-0.25, -0.2) is 5.43 Å². The lowest BCUT2D eigenvalue weighted by atomic mass is 9.92. The molecule has 1 aliphatic rings. The van der Waals surface area contributed by atoms with Crippen molar-refractivity contribution in [1.29, 1.82) is 0 Å². The molecule has 1 heterocycles. The van der Waals surface area contributed by atoms with E-state index in [-0.39, 0.29) is 6.04 Å². The smallest absolute Gasteiger partial charge is 0.0518 e. The minimum atomic E-state index is 0.257. The summed E-state index contributed by atoms with van der Waals surface area (Å²) in [5.41, 5.74) is 14.0. The molecule has 0 aliphatic carbocycles. The van der Waals surface area contributed by atoms with Crippen molar-refractivity contribution >= 4 is 17.3 Å². The van der Waals surface area contributed by atoms with Crippen LogP contribution >= 0.6 is 11.6 Å². The summed E-state index contributed by atoms with van der Waals surface area (Å²) in [6.45, 7) is 4.36. The zero-order chi connectivity index (χ0) is 11.0. The third kappa shape index (κ3) is 1.95. The molecule has 0 spiro atoms. The third-order valence-electron chi connectivity index (χ3n) is 3.14. The molecule has 0 saturated carbocycles. The molecular weight excluding hydrogens is 210 g/mol. The predicted octanol–water partition coefficient (Wildman–Crippen LogP) is 2.10. The molecule has 4 heteroatoms. The normalized spacial score (nSPS) is 30.7. The number of nitrogens with two attached hydrogens (primary N) is 1. The van der Waals surface area contributed by atoms with E-state index < -0.39 is 0 Å². The number of halogens is 1. The van der Waals surface area contributed by atoms with E-state index in [0.717, 1.165) is 10.6 Å². The van der Waals surface area contributed by atoms with Crippen LogP contribution in [-0.4, -0.2) is 6.04 Å². The second kappa shape index (κ2) is 4.00. The molecule has 1 aromatic rings. The molecule has 1 fully saturated rings. The van der Waals surface area contributed by atoms with Crippen LogP contribution in [0.1, 0.15) is 25.5 Å². The van der Waals surface area contributed by atoms with Crippen LogP contribution in [0.5, 0.6) is 0 Å². The van der Waals surface area contributed by atoms with E-state index in [1.54, 1.807) is 6.07 Å². The number of rotatable bonds is 1. The maximum absolute atomic E-state index is 6.17. The second-order valence-electron chi connectivity index (χ2n) is 4.20. The maximum Gasteiger partial charge on any atom is 0.0518 e. The minimum Gasteiger partial charge on any atom is -0.399 e. The number of hydrazine groups is 1. The molecule has 0 aromatic heterocycles. The summed E-state index contributed by atoms with van der Waals surface area (Å²) in [5.74, 6) is 0.506. The molecule has 0 bridgehead atoms. The minimum absolute atomic E-state index is 0.257. The first-order chi connectivity index (χ1) is 7.09. The molecule has 1 aliphatic heterocycles. The van der Waals surface area contributed by atoms with Crippen molar-refractivity contribution in [2.24, 2.45) is 5.92 Å². The molecule has 15 heavy (non-hydrogen) atoms. The third-order valence-corrected chi connectivity index (χ3v) is 3.47. The Morgan fingerprint density at radius 2 is 2.00 bits per heavy atom. The van der Waals surface area contributed by atoms with Crippen molar-refractivity contribution in [3.63, 3.8) is 0 Å². The van der Waals surface area contributed by atoms with Gasteiger partial charge in [-0.2, -0.15) is 0 Å². The van der Waals surface area contributed by atoms with Gasteiger partial charge >= 0.3 is 0 Å². The van der Waals surface area contributed by atoms with E-state index in [1.165, 1.54) is 0 Å². The van der Waals surface area contributed by atoms with E-state index >= 15 is 0 Å². The van der Waals surface area contributed by atoms with Crippen LogP contribution in [0.4, 0.5) is 5.69 Å². The van der Waals surface area contributed by atoms with Crippen molar-refractivity contribution in [1.82, 2.24) is 10.9 Å². The molecule has 1 saturated heterocycles. The Kier molecular flexibility index (Phi) is 2.87. The summed E-state index contributed by atoms with van der Waals surface area (Å²) in [6.07, 6.45) is 0. The first kappa shape index (κ1) is 10.7. The van der Waals surface area contributed by atoms with E-state index in [1.807, 2.05) is 12.1 Å². The van der Waals surface area contributed by atoms with Gasteiger partial charge in [-0.15, -0.1) is 0 Å². The van der Waals surface area contributed by atoms with Crippen LogP contribution in [0.25, 0.3) is 0 Å². The lowest BCUT2D eigenvalue weighted by Gasteiger charge is -2.18. The van der Waals surface area contributed by atoms with Gasteiger partial charge in [0.05, 0.1) is 6.04 Å². The van der Waals surface area contributed by atoms with Crippen LogP contribution in [0.2, 0.25) is 5.02 Å². The highest BCUT2D eigenvalue weighted by Crippen LogP contribution is 2.33.